The topological polar surface area (TPSA) is 107 Å². The average molecular weight is 337 g/mol. The maximum atomic E-state index is 12.0. The zero-order valence-electron chi connectivity index (χ0n) is 10.2. The Balaban J connectivity index is 3.22. The van der Waals surface area contributed by atoms with Gasteiger partial charge in [-0.2, -0.15) is 5.26 Å². The summed E-state index contributed by atoms with van der Waals surface area (Å²) >= 11 is 11.5. The fourth-order valence-electron chi connectivity index (χ4n) is 1.26. The Hall–Kier alpha value is -1.33. The van der Waals surface area contributed by atoms with Crippen molar-refractivity contribution in [1.29, 1.82) is 5.26 Å². The fourth-order valence-corrected chi connectivity index (χ4v) is 3.24. The zero-order chi connectivity index (χ0) is 15.5. The quantitative estimate of drug-likeness (QED) is 0.856. The monoisotopic (exact) mass is 336 g/mol. The van der Waals surface area contributed by atoms with Crippen LogP contribution in [0.1, 0.15) is 17.3 Å². The lowest BCUT2D eigenvalue weighted by Gasteiger charge is -2.10. The highest BCUT2D eigenvalue weighted by molar-refractivity contribution is 7.89. The van der Waals surface area contributed by atoms with Gasteiger partial charge in [0, 0.05) is 6.54 Å². The molecule has 2 N–H and O–H groups in total. The van der Waals surface area contributed by atoms with E-state index in [1.54, 1.807) is 0 Å². The van der Waals surface area contributed by atoms with Gasteiger partial charge >= 0.3 is 5.97 Å². The van der Waals surface area contributed by atoms with E-state index in [1.165, 1.54) is 6.92 Å². The van der Waals surface area contributed by atoms with Crippen LogP contribution in [-0.2, 0) is 10.0 Å². The molecule has 0 aliphatic heterocycles. The van der Waals surface area contributed by atoms with E-state index in [2.05, 4.69) is 4.72 Å². The second kappa shape index (κ2) is 6.41. The molecule has 1 aromatic rings. The fraction of sp³-hybridized carbons (Fsp3) is 0.273. The Bertz CT molecular complexity index is 682. The van der Waals surface area contributed by atoms with Crippen molar-refractivity contribution in [3.8, 4) is 6.07 Å². The van der Waals surface area contributed by atoms with Crippen molar-refractivity contribution in [3.63, 3.8) is 0 Å². The van der Waals surface area contributed by atoms with Crippen LogP contribution in [0.2, 0.25) is 10.0 Å². The number of nitrogens with zero attached hydrogens (tertiary/aromatic N) is 1. The number of nitrogens with one attached hydrogen (secondary N) is 1. The first-order chi connectivity index (χ1) is 9.19. The molecule has 108 valence electrons. The molecule has 0 spiro atoms. The van der Waals surface area contributed by atoms with E-state index >= 15 is 0 Å². The summed E-state index contributed by atoms with van der Waals surface area (Å²) in [5.74, 6) is -1.90. The Morgan fingerprint density at radius 1 is 1.45 bits per heavy atom. The highest BCUT2D eigenvalue weighted by Gasteiger charge is 2.22. The molecule has 0 saturated heterocycles. The number of aromatic carboxylic acids is 1. The van der Waals surface area contributed by atoms with Gasteiger partial charge in [0.15, 0.2) is 0 Å². The third-order valence-electron chi connectivity index (χ3n) is 2.34. The Kier molecular flexibility index (Phi) is 5.36. The molecule has 0 aliphatic carbocycles. The van der Waals surface area contributed by atoms with Crippen LogP contribution in [0.5, 0.6) is 0 Å². The third kappa shape index (κ3) is 3.84. The van der Waals surface area contributed by atoms with E-state index in [1.807, 2.05) is 6.07 Å². The molecule has 6 nitrogen and oxygen atoms in total. The summed E-state index contributed by atoms with van der Waals surface area (Å²) in [5.41, 5.74) is -0.371. The van der Waals surface area contributed by atoms with Crippen LogP contribution >= 0.6 is 23.2 Å². The highest BCUT2D eigenvalue weighted by Crippen LogP contribution is 2.28. The summed E-state index contributed by atoms with van der Waals surface area (Å²) in [4.78, 5) is 10.5. The van der Waals surface area contributed by atoms with Crippen molar-refractivity contribution in [3.05, 3.63) is 27.7 Å². The first kappa shape index (κ1) is 16.7. The van der Waals surface area contributed by atoms with Gasteiger partial charge in [-0.1, -0.05) is 23.2 Å². The molecule has 0 bridgehead atoms. The lowest BCUT2D eigenvalue weighted by Crippen LogP contribution is -2.28. The number of halogens is 2. The first-order valence-electron chi connectivity index (χ1n) is 5.30. The number of benzene rings is 1. The van der Waals surface area contributed by atoms with E-state index in [4.69, 9.17) is 33.6 Å². The number of carbonyl (C=O) groups is 1. The normalized spacial score (nSPS) is 12.7. The number of hydrogen-bond acceptors (Lipinski definition) is 4. The van der Waals surface area contributed by atoms with Crippen LogP contribution < -0.4 is 4.72 Å². The van der Waals surface area contributed by atoms with Crippen LogP contribution in [0.15, 0.2) is 17.0 Å². The van der Waals surface area contributed by atoms with Gasteiger partial charge in [0.1, 0.15) is 4.90 Å². The van der Waals surface area contributed by atoms with Gasteiger partial charge in [-0.05, 0) is 19.1 Å². The number of nitriles is 1. The summed E-state index contributed by atoms with van der Waals surface area (Å²) in [5, 5.41) is 17.2. The second-order valence-electron chi connectivity index (χ2n) is 3.95. The average Bonchev–Trinajstić information content (AvgIpc) is 2.35. The van der Waals surface area contributed by atoms with E-state index in [9.17, 15) is 13.2 Å². The van der Waals surface area contributed by atoms with Crippen molar-refractivity contribution in [2.75, 3.05) is 6.54 Å². The van der Waals surface area contributed by atoms with E-state index in [0.29, 0.717) is 0 Å². The molecule has 9 heteroatoms. The molecular formula is C11H10Cl2N2O4S. The summed E-state index contributed by atoms with van der Waals surface area (Å²) in [6.45, 7) is 1.43. The van der Waals surface area contributed by atoms with Crippen molar-refractivity contribution >= 4 is 39.2 Å². The molecule has 0 saturated carbocycles. The van der Waals surface area contributed by atoms with E-state index in [0.717, 1.165) is 12.1 Å². The Labute approximate surface area is 126 Å². The molecule has 0 heterocycles. The minimum Gasteiger partial charge on any atom is -0.478 e. The minimum absolute atomic E-state index is 0.111. The standard InChI is InChI=1S/C11H10Cl2N2O4S/c1-6(4-14)5-15-20(18,19)10-2-7(11(16)17)8(12)3-9(10)13/h2-3,6,15H,5H2,1H3,(H,16,17). The largest absolute Gasteiger partial charge is 0.478 e. The molecule has 0 amide bonds. The molecule has 1 atom stereocenters. The predicted molar refractivity (Wildman–Crippen MR) is 73.4 cm³/mol. The molecule has 1 aromatic carbocycles. The van der Waals surface area contributed by atoms with Crippen LogP contribution in [-0.4, -0.2) is 26.0 Å². The SMILES string of the molecule is CC(C#N)CNS(=O)(=O)c1cc(C(=O)O)c(Cl)cc1Cl. The highest BCUT2D eigenvalue weighted by atomic mass is 35.5. The molecule has 20 heavy (non-hydrogen) atoms. The Morgan fingerprint density at radius 2 is 2.05 bits per heavy atom. The summed E-state index contributed by atoms with van der Waals surface area (Å²) in [7, 11) is -4.02. The second-order valence-corrected chi connectivity index (χ2v) is 6.50. The lowest BCUT2D eigenvalue weighted by molar-refractivity contribution is 0.0697. The van der Waals surface area contributed by atoms with Gasteiger partial charge in [0.05, 0.1) is 27.6 Å². The van der Waals surface area contributed by atoms with Gasteiger partial charge in [-0.15, -0.1) is 0 Å². The molecule has 0 aromatic heterocycles. The molecule has 0 fully saturated rings. The predicted octanol–water partition coefficient (Wildman–Crippen LogP) is 2.13. The summed E-state index contributed by atoms with van der Waals surface area (Å²) in [6.07, 6.45) is 0. The smallest absolute Gasteiger partial charge is 0.337 e. The molecular weight excluding hydrogens is 327 g/mol. The number of rotatable bonds is 5. The summed E-state index contributed by atoms with van der Waals surface area (Å²) in [6, 6.07) is 3.80. The maximum Gasteiger partial charge on any atom is 0.337 e. The van der Waals surface area contributed by atoms with Crippen LogP contribution in [0.4, 0.5) is 0 Å². The number of carboxylic acids is 1. The maximum absolute atomic E-state index is 12.0. The van der Waals surface area contributed by atoms with Gasteiger partial charge in [0.25, 0.3) is 0 Å². The van der Waals surface area contributed by atoms with Gasteiger partial charge in [-0.25, -0.2) is 17.9 Å². The van der Waals surface area contributed by atoms with Gasteiger partial charge < -0.3 is 5.11 Å². The van der Waals surface area contributed by atoms with Crippen LogP contribution in [0.25, 0.3) is 0 Å². The molecule has 0 radical (unpaired) electrons. The van der Waals surface area contributed by atoms with E-state index in [-0.39, 0.29) is 22.2 Å². The zero-order valence-corrected chi connectivity index (χ0v) is 12.6. The van der Waals surface area contributed by atoms with Crippen molar-refractivity contribution in [1.82, 2.24) is 4.72 Å². The third-order valence-corrected chi connectivity index (χ3v) is 4.54. The molecule has 1 unspecified atom stereocenters. The van der Waals surface area contributed by atoms with Crippen molar-refractivity contribution in [2.24, 2.45) is 5.92 Å². The molecule has 1 rings (SSSR count). The number of hydrogen-bond donors (Lipinski definition) is 2. The molecule has 0 aliphatic rings. The summed E-state index contributed by atoms with van der Waals surface area (Å²) < 4.78 is 26.2. The van der Waals surface area contributed by atoms with Crippen LogP contribution in [0.3, 0.4) is 0 Å². The van der Waals surface area contributed by atoms with Crippen molar-refractivity contribution < 1.29 is 18.3 Å². The van der Waals surface area contributed by atoms with E-state index < -0.39 is 26.8 Å². The Morgan fingerprint density at radius 3 is 2.55 bits per heavy atom. The van der Waals surface area contributed by atoms with Crippen molar-refractivity contribution in [2.45, 2.75) is 11.8 Å². The lowest BCUT2D eigenvalue weighted by atomic mass is 10.2. The van der Waals surface area contributed by atoms with Crippen LogP contribution in [0, 0.1) is 17.2 Å². The minimum atomic E-state index is -4.02. The number of sulfonamides is 1. The first-order valence-corrected chi connectivity index (χ1v) is 7.54. The van der Waals surface area contributed by atoms with Gasteiger partial charge in [-0.3, -0.25) is 0 Å². The van der Waals surface area contributed by atoms with Gasteiger partial charge in [0.2, 0.25) is 10.0 Å². The number of carboxylic acid groups (broad SMARTS) is 1.